The summed E-state index contributed by atoms with van der Waals surface area (Å²) in [4.78, 5) is 7.25. The minimum Gasteiger partial charge on any atom is -0.357 e. The second-order valence-corrected chi connectivity index (χ2v) is 5.59. The lowest BCUT2D eigenvalue weighted by Crippen LogP contribution is -2.38. The molecule has 0 radical (unpaired) electrons. The Hall–Kier alpha value is -0.770. The van der Waals surface area contributed by atoms with Crippen molar-refractivity contribution in [1.82, 2.24) is 15.5 Å². The average Bonchev–Trinajstić information content (AvgIpc) is 3.10. The quantitative estimate of drug-likeness (QED) is 0.553. The van der Waals surface area contributed by atoms with Gasteiger partial charge in [-0.2, -0.15) is 0 Å². The van der Waals surface area contributed by atoms with E-state index in [1.165, 1.54) is 38.9 Å². The van der Waals surface area contributed by atoms with Gasteiger partial charge in [0.2, 0.25) is 0 Å². The van der Waals surface area contributed by atoms with Gasteiger partial charge in [-0.05, 0) is 51.1 Å². The number of guanidine groups is 1. The van der Waals surface area contributed by atoms with Gasteiger partial charge in [0.25, 0.3) is 0 Å². The number of nitrogens with one attached hydrogen (secondary N) is 2. The monoisotopic (exact) mass is 252 g/mol. The van der Waals surface area contributed by atoms with Crippen LogP contribution >= 0.6 is 0 Å². The third kappa shape index (κ3) is 4.48. The molecule has 1 aliphatic heterocycles. The van der Waals surface area contributed by atoms with Gasteiger partial charge < -0.3 is 15.5 Å². The number of hydrogen-bond donors (Lipinski definition) is 2. The molecule has 1 atom stereocenters. The normalized spacial score (nSPS) is 25.4. The Balaban J connectivity index is 1.72. The Morgan fingerprint density at radius 1 is 1.17 bits per heavy atom. The zero-order chi connectivity index (χ0) is 12.8. The molecule has 0 amide bonds. The van der Waals surface area contributed by atoms with E-state index in [0.29, 0.717) is 0 Å². The molecule has 2 fully saturated rings. The van der Waals surface area contributed by atoms with Crippen LogP contribution in [0.5, 0.6) is 0 Å². The predicted octanol–water partition coefficient (Wildman–Crippen LogP) is 1.29. The van der Waals surface area contributed by atoms with E-state index in [2.05, 4.69) is 29.4 Å². The highest BCUT2D eigenvalue weighted by Gasteiger charge is 2.22. The van der Waals surface area contributed by atoms with Crippen LogP contribution in [0.25, 0.3) is 0 Å². The van der Waals surface area contributed by atoms with Crippen molar-refractivity contribution < 1.29 is 0 Å². The number of rotatable bonds is 6. The average molecular weight is 252 g/mol. The molecule has 18 heavy (non-hydrogen) atoms. The number of nitrogens with zero attached hydrogens (tertiary/aromatic N) is 2. The van der Waals surface area contributed by atoms with Crippen molar-refractivity contribution in [1.29, 1.82) is 0 Å². The van der Waals surface area contributed by atoms with Gasteiger partial charge in [0.05, 0.1) is 0 Å². The predicted molar refractivity (Wildman–Crippen MR) is 76.9 cm³/mol. The molecule has 1 saturated heterocycles. The first-order chi connectivity index (χ1) is 8.81. The van der Waals surface area contributed by atoms with Crippen LogP contribution in [0, 0.1) is 11.8 Å². The van der Waals surface area contributed by atoms with Gasteiger partial charge in [-0.1, -0.05) is 6.92 Å². The Bertz CT molecular complexity index is 273. The van der Waals surface area contributed by atoms with Crippen LogP contribution in [-0.2, 0) is 0 Å². The smallest absolute Gasteiger partial charge is 0.191 e. The van der Waals surface area contributed by atoms with Crippen LogP contribution in [0.4, 0.5) is 0 Å². The molecule has 1 unspecified atom stereocenters. The highest BCUT2D eigenvalue weighted by atomic mass is 15.2. The summed E-state index contributed by atoms with van der Waals surface area (Å²) in [7, 11) is 0. The maximum Gasteiger partial charge on any atom is 0.191 e. The molecule has 2 aliphatic rings. The fourth-order valence-corrected chi connectivity index (χ4v) is 2.47. The van der Waals surface area contributed by atoms with Crippen molar-refractivity contribution >= 4 is 5.96 Å². The van der Waals surface area contributed by atoms with E-state index in [1.807, 2.05) is 0 Å². The number of likely N-dealkylation sites (tertiary alicyclic amines) is 1. The minimum atomic E-state index is 0.751. The highest BCUT2D eigenvalue weighted by molar-refractivity contribution is 5.79. The summed E-state index contributed by atoms with van der Waals surface area (Å²) in [5.41, 5.74) is 0. The molecule has 0 bridgehead atoms. The molecule has 1 aliphatic carbocycles. The second kappa shape index (κ2) is 6.98. The SMILES string of the molecule is CCNC(=NCC1CCN(CC)C1)NCC1CC1. The fourth-order valence-electron chi connectivity index (χ4n) is 2.47. The van der Waals surface area contributed by atoms with E-state index >= 15 is 0 Å². The van der Waals surface area contributed by atoms with Crippen LogP contribution in [0.15, 0.2) is 4.99 Å². The first-order valence-electron chi connectivity index (χ1n) is 7.56. The molecule has 4 heteroatoms. The van der Waals surface area contributed by atoms with E-state index < -0.39 is 0 Å². The van der Waals surface area contributed by atoms with Crippen LogP contribution in [0.1, 0.15) is 33.1 Å². The van der Waals surface area contributed by atoms with Crippen molar-refractivity contribution in [3.8, 4) is 0 Å². The van der Waals surface area contributed by atoms with Crippen LogP contribution < -0.4 is 10.6 Å². The lowest BCUT2D eigenvalue weighted by Gasteiger charge is -2.13. The van der Waals surface area contributed by atoms with Gasteiger partial charge in [0.15, 0.2) is 5.96 Å². The summed E-state index contributed by atoms with van der Waals surface area (Å²) < 4.78 is 0. The summed E-state index contributed by atoms with van der Waals surface area (Å²) in [6, 6.07) is 0. The molecule has 104 valence electrons. The fraction of sp³-hybridized carbons (Fsp3) is 0.929. The molecule has 1 saturated carbocycles. The lowest BCUT2D eigenvalue weighted by atomic mass is 10.1. The van der Waals surface area contributed by atoms with E-state index in [9.17, 15) is 0 Å². The Kier molecular flexibility index (Phi) is 5.29. The van der Waals surface area contributed by atoms with Gasteiger partial charge in [-0.25, -0.2) is 0 Å². The van der Waals surface area contributed by atoms with E-state index in [4.69, 9.17) is 4.99 Å². The number of aliphatic imine (C=N–C) groups is 1. The summed E-state index contributed by atoms with van der Waals surface area (Å²) in [6.45, 7) is 11.0. The first-order valence-corrected chi connectivity index (χ1v) is 7.56. The largest absolute Gasteiger partial charge is 0.357 e. The van der Waals surface area contributed by atoms with Gasteiger partial charge in [0.1, 0.15) is 0 Å². The Labute approximate surface area is 111 Å². The molecule has 0 aromatic heterocycles. The molecule has 2 rings (SSSR count). The summed E-state index contributed by atoms with van der Waals surface area (Å²) in [6.07, 6.45) is 4.08. The molecule has 0 aromatic rings. The summed E-state index contributed by atoms with van der Waals surface area (Å²) in [5, 5.41) is 6.80. The molecule has 4 nitrogen and oxygen atoms in total. The van der Waals surface area contributed by atoms with Crippen molar-refractivity contribution in [3.63, 3.8) is 0 Å². The van der Waals surface area contributed by atoms with Gasteiger partial charge in [-0.3, -0.25) is 4.99 Å². The summed E-state index contributed by atoms with van der Waals surface area (Å²) >= 11 is 0. The third-order valence-electron chi connectivity index (χ3n) is 3.92. The standard InChI is InChI=1S/C14H28N4/c1-3-15-14(16-9-12-5-6-12)17-10-13-7-8-18(4-2)11-13/h12-13H,3-11H2,1-2H3,(H2,15,16,17). The third-order valence-corrected chi connectivity index (χ3v) is 3.92. The van der Waals surface area contributed by atoms with E-state index in [-0.39, 0.29) is 0 Å². The minimum absolute atomic E-state index is 0.751. The summed E-state index contributed by atoms with van der Waals surface area (Å²) in [5.74, 6) is 2.66. The second-order valence-electron chi connectivity index (χ2n) is 5.59. The highest BCUT2D eigenvalue weighted by Crippen LogP contribution is 2.27. The Morgan fingerprint density at radius 2 is 2.00 bits per heavy atom. The zero-order valence-electron chi connectivity index (χ0n) is 11.9. The van der Waals surface area contributed by atoms with Crippen molar-refractivity contribution in [2.24, 2.45) is 16.8 Å². The van der Waals surface area contributed by atoms with Crippen molar-refractivity contribution in [2.45, 2.75) is 33.1 Å². The van der Waals surface area contributed by atoms with Crippen LogP contribution in [-0.4, -0.2) is 50.1 Å². The molecular weight excluding hydrogens is 224 g/mol. The number of hydrogen-bond acceptors (Lipinski definition) is 2. The maximum atomic E-state index is 4.73. The molecule has 0 aromatic carbocycles. The van der Waals surface area contributed by atoms with E-state index in [1.54, 1.807) is 0 Å². The van der Waals surface area contributed by atoms with Gasteiger partial charge in [0, 0.05) is 26.2 Å². The van der Waals surface area contributed by atoms with Crippen LogP contribution in [0.2, 0.25) is 0 Å². The lowest BCUT2D eigenvalue weighted by molar-refractivity contribution is 0.343. The topological polar surface area (TPSA) is 39.7 Å². The zero-order valence-corrected chi connectivity index (χ0v) is 11.9. The van der Waals surface area contributed by atoms with Crippen LogP contribution in [0.3, 0.4) is 0 Å². The van der Waals surface area contributed by atoms with Crippen molar-refractivity contribution in [2.75, 3.05) is 39.3 Å². The van der Waals surface area contributed by atoms with Gasteiger partial charge in [-0.15, -0.1) is 0 Å². The molecule has 0 spiro atoms. The molecule has 1 heterocycles. The molecule has 2 N–H and O–H groups in total. The van der Waals surface area contributed by atoms with Gasteiger partial charge >= 0.3 is 0 Å². The van der Waals surface area contributed by atoms with Crippen molar-refractivity contribution in [3.05, 3.63) is 0 Å². The first kappa shape index (κ1) is 13.7. The Morgan fingerprint density at radius 3 is 2.61 bits per heavy atom. The molecular formula is C14H28N4. The maximum absolute atomic E-state index is 4.73. The van der Waals surface area contributed by atoms with E-state index in [0.717, 1.165) is 37.4 Å².